The molecule has 0 fully saturated rings. The lowest BCUT2D eigenvalue weighted by atomic mass is 10.1. The van der Waals surface area contributed by atoms with Gasteiger partial charge in [0, 0.05) is 5.02 Å². The van der Waals surface area contributed by atoms with Crippen molar-refractivity contribution in [3.63, 3.8) is 0 Å². The number of nitrogens with zero attached hydrogens (tertiary/aromatic N) is 2. The van der Waals surface area contributed by atoms with Crippen LogP contribution in [0.25, 0.3) is 5.69 Å². The number of rotatable bonds is 4. The fourth-order valence-corrected chi connectivity index (χ4v) is 2.85. The van der Waals surface area contributed by atoms with Crippen molar-refractivity contribution in [3.05, 3.63) is 76.3 Å². The zero-order valence-corrected chi connectivity index (χ0v) is 14.8. The van der Waals surface area contributed by atoms with E-state index in [1.165, 1.54) is 12.1 Å². The van der Waals surface area contributed by atoms with Gasteiger partial charge in [-0.05, 0) is 44.2 Å². The van der Waals surface area contributed by atoms with Gasteiger partial charge < -0.3 is 5.32 Å². The van der Waals surface area contributed by atoms with Crippen LogP contribution in [0.4, 0.5) is 10.1 Å². The average molecular weight is 372 g/mol. The Morgan fingerprint density at radius 3 is 2.50 bits per heavy atom. The van der Waals surface area contributed by atoms with Gasteiger partial charge in [0.05, 0.1) is 28.3 Å². The first kappa shape index (κ1) is 17.8. The lowest BCUT2D eigenvalue weighted by molar-refractivity contribution is -0.112. The van der Waals surface area contributed by atoms with E-state index in [4.69, 9.17) is 11.6 Å². The molecule has 0 aliphatic carbocycles. The van der Waals surface area contributed by atoms with Gasteiger partial charge in [-0.1, -0.05) is 29.8 Å². The summed E-state index contributed by atoms with van der Waals surface area (Å²) in [6, 6.07) is 13.0. The maximum atomic E-state index is 13.8. The van der Waals surface area contributed by atoms with Crippen LogP contribution in [0.3, 0.4) is 0 Å². The number of aromatic nitrogens is 2. The summed E-state index contributed by atoms with van der Waals surface area (Å²) < 4.78 is 15.4. The van der Waals surface area contributed by atoms with Gasteiger partial charge in [-0.3, -0.25) is 9.59 Å². The van der Waals surface area contributed by atoms with Crippen molar-refractivity contribution < 1.29 is 14.0 Å². The number of Topliss-reactive ketones (excluding diaryl/α,β-unsaturated/α-hetero) is 1. The second-order valence-corrected chi connectivity index (χ2v) is 6.14. The van der Waals surface area contributed by atoms with Crippen LogP contribution in [0.15, 0.2) is 48.5 Å². The molecule has 26 heavy (non-hydrogen) atoms. The summed E-state index contributed by atoms with van der Waals surface area (Å²) in [5, 5.41) is 6.86. The lowest BCUT2D eigenvalue weighted by Crippen LogP contribution is -2.24. The Balaban J connectivity index is 1.92. The minimum atomic E-state index is -0.954. The monoisotopic (exact) mass is 371 g/mol. The van der Waals surface area contributed by atoms with Gasteiger partial charge in [-0.15, -0.1) is 0 Å². The molecule has 3 rings (SSSR count). The summed E-state index contributed by atoms with van der Waals surface area (Å²) in [6.07, 6.45) is 0. The van der Waals surface area contributed by atoms with Gasteiger partial charge >= 0.3 is 0 Å². The highest BCUT2D eigenvalue weighted by Crippen LogP contribution is 2.22. The van der Waals surface area contributed by atoms with E-state index >= 15 is 0 Å². The Kier molecular flexibility index (Phi) is 4.86. The molecule has 1 heterocycles. The third kappa shape index (κ3) is 3.36. The van der Waals surface area contributed by atoms with Crippen LogP contribution >= 0.6 is 11.6 Å². The molecule has 0 spiro atoms. The number of benzene rings is 2. The molecule has 0 bridgehead atoms. The molecule has 0 unspecified atom stereocenters. The van der Waals surface area contributed by atoms with Crippen LogP contribution in [0.1, 0.15) is 21.7 Å². The first-order valence-corrected chi connectivity index (χ1v) is 8.18. The van der Waals surface area contributed by atoms with Gasteiger partial charge in [0.25, 0.3) is 11.7 Å². The fraction of sp³-hybridized carbons (Fsp3) is 0.105. The number of para-hydroxylation sites is 1. The van der Waals surface area contributed by atoms with Crippen molar-refractivity contribution in [2.45, 2.75) is 13.8 Å². The van der Waals surface area contributed by atoms with E-state index in [0.717, 1.165) is 11.8 Å². The molecule has 7 heteroatoms. The number of carbonyl (C=O) groups excluding carboxylic acids is 2. The topological polar surface area (TPSA) is 64.0 Å². The third-order valence-corrected chi connectivity index (χ3v) is 4.14. The molecular weight excluding hydrogens is 357 g/mol. The molecule has 0 saturated carbocycles. The first-order chi connectivity index (χ1) is 12.4. The summed E-state index contributed by atoms with van der Waals surface area (Å²) >= 11 is 5.80. The Morgan fingerprint density at radius 1 is 1.12 bits per heavy atom. The number of ketones is 1. The molecule has 3 aromatic rings. The normalized spacial score (nSPS) is 10.6. The summed E-state index contributed by atoms with van der Waals surface area (Å²) in [4.78, 5) is 24.9. The second-order valence-electron chi connectivity index (χ2n) is 5.70. The minimum Gasteiger partial charge on any atom is -0.317 e. The quantitative estimate of drug-likeness (QED) is 0.554. The minimum absolute atomic E-state index is 0.151. The van der Waals surface area contributed by atoms with E-state index in [1.54, 1.807) is 18.5 Å². The van der Waals surface area contributed by atoms with Crippen LogP contribution < -0.4 is 5.32 Å². The predicted octanol–water partition coefficient (Wildman–Crippen LogP) is 4.10. The summed E-state index contributed by atoms with van der Waals surface area (Å²) in [5.41, 5.74) is 1.75. The molecule has 132 valence electrons. The van der Waals surface area contributed by atoms with E-state index in [2.05, 4.69) is 10.4 Å². The van der Waals surface area contributed by atoms with E-state index in [-0.39, 0.29) is 16.3 Å². The smallest absolute Gasteiger partial charge is 0.296 e. The number of halogens is 2. The Bertz CT molecular complexity index is 1000. The van der Waals surface area contributed by atoms with Gasteiger partial charge in [0.2, 0.25) is 0 Å². The zero-order chi connectivity index (χ0) is 18.8. The molecule has 0 radical (unpaired) electrons. The van der Waals surface area contributed by atoms with Gasteiger partial charge in [0.15, 0.2) is 0 Å². The summed E-state index contributed by atoms with van der Waals surface area (Å²) in [5.74, 6) is -2.42. The number of hydrogen-bond donors (Lipinski definition) is 1. The molecule has 1 N–H and O–H groups in total. The maximum Gasteiger partial charge on any atom is 0.296 e. The Hall–Kier alpha value is -2.99. The van der Waals surface area contributed by atoms with E-state index < -0.39 is 17.5 Å². The molecule has 0 aliphatic heterocycles. The SMILES string of the molecule is Cc1nn(-c2ccccc2)c(C)c1C(=O)C(=O)Nc1cc(Cl)ccc1F. The second kappa shape index (κ2) is 7.09. The molecule has 0 saturated heterocycles. The molecule has 0 aliphatic rings. The fourth-order valence-electron chi connectivity index (χ4n) is 2.68. The lowest BCUT2D eigenvalue weighted by Gasteiger charge is -2.07. The zero-order valence-electron chi connectivity index (χ0n) is 14.1. The Morgan fingerprint density at radius 2 is 1.81 bits per heavy atom. The Labute approximate surface area is 154 Å². The highest BCUT2D eigenvalue weighted by Gasteiger charge is 2.25. The highest BCUT2D eigenvalue weighted by molar-refractivity contribution is 6.47. The van der Waals surface area contributed by atoms with E-state index in [0.29, 0.717) is 11.4 Å². The molecule has 1 amide bonds. The van der Waals surface area contributed by atoms with Crippen molar-refractivity contribution in [1.29, 1.82) is 0 Å². The van der Waals surface area contributed by atoms with Crippen molar-refractivity contribution in [2.24, 2.45) is 0 Å². The van der Waals surface area contributed by atoms with Crippen LogP contribution in [0.2, 0.25) is 5.02 Å². The first-order valence-electron chi connectivity index (χ1n) is 7.81. The van der Waals surface area contributed by atoms with Crippen LogP contribution in [0.5, 0.6) is 0 Å². The number of anilines is 1. The van der Waals surface area contributed by atoms with Crippen molar-refractivity contribution >= 4 is 29.0 Å². The van der Waals surface area contributed by atoms with E-state index in [1.807, 2.05) is 30.3 Å². The number of carbonyl (C=O) groups is 2. The molecule has 5 nitrogen and oxygen atoms in total. The molecule has 1 aromatic heterocycles. The molecular formula is C19H15ClFN3O2. The van der Waals surface area contributed by atoms with Crippen LogP contribution in [0, 0.1) is 19.7 Å². The average Bonchev–Trinajstić information content (AvgIpc) is 2.92. The van der Waals surface area contributed by atoms with Gasteiger partial charge in [-0.25, -0.2) is 9.07 Å². The van der Waals surface area contributed by atoms with Crippen LogP contribution in [-0.4, -0.2) is 21.5 Å². The summed E-state index contributed by atoms with van der Waals surface area (Å²) in [6.45, 7) is 3.35. The number of hydrogen-bond acceptors (Lipinski definition) is 3. The van der Waals surface area contributed by atoms with E-state index in [9.17, 15) is 14.0 Å². The predicted molar refractivity (Wildman–Crippen MR) is 97.4 cm³/mol. The van der Waals surface area contributed by atoms with Gasteiger partial charge in [0.1, 0.15) is 5.82 Å². The molecule has 2 aromatic carbocycles. The standard InChI is InChI=1S/C19H15ClFN3O2/c1-11-17(12(2)24(23-11)14-6-4-3-5-7-14)18(25)19(26)22-16-10-13(20)8-9-15(16)21/h3-10H,1-2H3,(H,22,26). The number of aryl methyl sites for hydroxylation is 1. The van der Waals surface area contributed by atoms with Crippen molar-refractivity contribution in [2.75, 3.05) is 5.32 Å². The largest absolute Gasteiger partial charge is 0.317 e. The third-order valence-electron chi connectivity index (χ3n) is 3.90. The van der Waals surface area contributed by atoms with Crippen molar-refractivity contribution in [1.82, 2.24) is 9.78 Å². The maximum absolute atomic E-state index is 13.8. The number of amides is 1. The van der Waals surface area contributed by atoms with Crippen LogP contribution in [-0.2, 0) is 4.79 Å². The number of nitrogens with one attached hydrogen (secondary N) is 1. The molecule has 0 atom stereocenters. The highest BCUT2D eigenvalue weighted by atomic mass is 35.5. The van der Waals surface area contributed by atoms with Gasteiger partial charge in [-0.2, -0.15) is 5.10 Å². The summed E-state index contributed by atoms with van der Waals surface area (Å²) in [7, 11) is 0. The van der Waals surface area contributed by atoms with Crippen molar-refractivity contribution in [3.8, 4) is 5.69 Å².